The van der Waals surface area contributed by atoms with Gasteiger partial charge in [-0.3, -0.25) is 4.90 Å². The summed E-state index contributed by atoms with van der Waals surface area (Å²) in [4.78, 5) is 2.53. The van der Waals surface area contributed by atoms with Crippen molar-refractivity contribution in [2.75, 3.05) is 26.3 Å². The van der Waals surface area contributed by atoms with Crippen LogP contribution in [-0.2, 0) is 4.74 Å². The molecule has 0 aliphatic carbocycles. The van der Waals surface area contributed by atoms with Crippen molar-refractivity contribution in [2.24, 2.45) is 11.1 Å². The van der Waals surface area contributed by atoms with Gasteiger partial charge in [0.05, 0.1) is 13.2 Å². The minimum Gasteiger partial charge on any atom is -0.379 e. The largest absolute Gasteiger partial charge is 0.379 e. The average molecular weight is 256 g/mol. The van der Waals surface area contributed by atoms with Crippen molar-refractivity contribution >= 4 is 0 Å². The van der Waals surface area contributed by atoms with Gasteiger partial charge < -0.3 is 10.5 Å². The van der Waals surface area contributed by atoms with Crippen LogP contribution in [0, 0.1) is 5.41 Å². The van der Waals surface area contributed by atoms with Gasteiger partial charge in [0.15, 0.2) is 0 Å². The molecule has 0 saturated carbocycles. The van der Waals surface area contributed by atoms with E-state index in [2.05, 4.69) is 39.5 Å². The Labute approximate surface area is 113 Å². The Hall–Kier alpha value is -0.120. The van der Waals surface area contributed by atoms with Gasteiger partial charge in [-0.2, -0.15) is 0 Å². The van der Waals surface area contributed by atoms with Gasteiger partial charge in [0, 0.05) is 24.7 Å². The van der Waals surface area contributed by atoms with E-state index >= 15 is 0 Å². The molecule has 3 nitrogen and oxygen atoms in total. The lowest BCUT2D eigenvalue weighted by Gasteiger charge is -2.47. The molecule has 0 aromatic rings. The maximum atomic E-state index is 6.52. The summed E-state index contributed by atoms with van der Waals surface area (Å²) in [5.74, 6) is 0. The van der Waals surface area contributed by atoms with Crippen molar-refractivity contribution in [3.05, 3.63) is 0 Å². The molecule has 1 rings (SSSR count). The first-order valence-electron chi connectivity index (χ1n) is 7.38. The molecule has 108 valence electrons. The third kappa shape index (κ3) is 4.22. The molecule has 2 N–H and O–H groups in total. The lowest BCUT2D eigenvalue weighted by atomic mass is 9.80. The van der Waals surface area contributed by atoms with E-state index in [-0.39, 0.29) is 11.6 Å². The molecule has 18 heavy (non-hydrogen) atoms. The monoisotopic (exact) mass is 256 g/mol. The molecular weight excluding hydrogens is 224 g/mol. The number of hydrogen-bond donors (Lipinski definition) is 1. The van der Waals surface area contributed by atoms with Crippen molar-refractivity contribution in [1.82, 2.24) is 4.90 Å². The van der Waals surface area contributed by atoms with Gasteiger partial charge in [-0.15, -0.1) is 0 Å². The molecule has 2 unspecified atom stereocenters. The molecule has 2 atom stereocenters. The van der Waals surface area contributed by atoms with Gasteiger partial charge >= 0.3 is 0 Å². The second-order valence-electron chi connectivity index (χ2n) is 7.02. The van der Waals surface area contributed by atoms with E-state index in [1.54, 1.807) is 0 Å². The molecule has 0 radical (unpaired) electrons. The molecule has 0 spiro atoms. The quantitative estimate of drug-likeness (QED) is 0.822. The fraction of sp³-hybridized carbons (Fsp3) is 1.00. The summed E-state index contributed by atoms with van der Waals surface area (Å²) in [5.41, 5.74) is 7.01. The van der Waals surface area contributed by atoms with E-state index in [4.69, 9.17) is 10.5 Å². The number of ether oxygens (including phenoxy) is 1. The van der Waals surface area contributed by atoms with Crippen LogP contribution in [-0.4, -0.2) is 42.8 Å². The maximum absolute atomic E-state index is 6.52. The highest BCUT2D eigenvalue weighted by Crippen LogP contribution is 2.29. The van der Waals surface area contributed by atoms with E-state index in [1.165, 1.54) is 6.42 Å². The predicted octanol–water partition coefficient (Wildman–Crippen LogP) is 2.64. The molecule has 0 aromatic carbocycles. The molecule has 1 aliphatic heterocycles. The normalized spacial score (nSPS) is 23.7. The highest BCUT2D eigenvalue weighted by atomic mass is 16.5. The summed E-state index contributed by atoms with van der Waals surface area (Å²) in [5, 5.41) is 0. The highest BCUT2D eigenvalue weighted by molar-refractivity contribution is 4.95. The van der Waals surface area contributed by atoms with E-state index in [0.29, 0.717) is 5.41 Å². The minimum absolute atomic E-state index is 0.120. The first kappa shape index (κ1) is 15.9. The average Bonchev–Trinajstić information content (AvgIpc) is 2.35. The zero-order valence-corrected chi connectivity index (χ0v) is 13.0. The van der Waals surface area contributed by atoms with Crippen LogP contribution in [0.4, 0.5) is 0 Å². The third-order valence-corrected chi connectivity index (χ3v) is 4.45. The Morgan fingerprint density at radius 1 is 1.17 bits per heavy atom. The molecule has 1 heterocycles. The number of rotatable bonds is 5. The molecule has 1 aliphatic rings. The van der Waals surface area contributed by atoms with Crippen LogP contribution in [0.2, 0.25) is 0 Å². The zero-order valence-electron chi connectivity index (χ0n) is 13.0. The first-order valence-corrected chi connectivity index (χ1v) is 7.38. The van der Waals surface area contributed by atoms with Gasteiger partial charge in [-0.25, -0.2) is 0 Å². The van der Waals surface area contributed by atoms with Crippen LogP contribution in [0.3, 0.4) is 0 Å². The van der Waals surface area contributed by atoms with Crippen molar-refractivity contribution < 1.29 is 4.74 Å². The van der Waals surface area contributed by atoms with Crippen LogP contribution < -0.4 is 5.73 Å². The lowest BCUT2D eigenvalue weighted by molar-refractivity contribution is -0.0292. The highest BCUT2D eigenvalue weighted by Gasteiger charge is 2.37. The molecule has 3 heteroatoms. The van der Waals surface area contributed by atoms with Crippen LogP contribution in [0.5, 0.6) is 0 Å². The van der Waals surface area contributed by atoms with Crippen LogP contribution in [0.15, 0.2) is 0 Å². The Morgan fingerprint density at radius 3 is 2.17 bits per heavy atom. The molecule has 0 bridgehead atoms. The Kier molecular flexibility index (Phi) is 5.63. The standard InChI is InChI=1S/C15H32N2O/c1-6-15(5,17-9-11-18-12-10-17)13(16)7-8-14(2,3)4/h13H,6-12,16H2,1-5H3. The van der Waals surface area contributed by atoms with Gasteiger partial charge in [0.1, 0.15) is 0 Å². The number of nitrogens with zero attached hydrogens (tertiary/aromatic N) is 1. The van der Waals surface area contributed by atoms with Crippen molar-refractivity contribution in [1.29, 1.82) is 0 Å². The van der Waals surface area contributed by atoms with E-state index in [9.17, 15) is 0 Å². The topological polar surface area (TPSA) is 38.5 Å². The van der Waals surface area contributed by atoms with Crippen molar-refractivity contribution in [3.63, 3.8) is 0 Å². The lowest BCUT2D eigenvalue weighted by Crippen LogP contribution is -2.60. The Morgan fingerprint density at radius 2 is 1.72 bits per heavy atom. The van der Waals surface area contributed by atoms with E-state index < -0.39 is 0 Å². The van der Waals surface area contributed by atoms with Gasteiger partial charge in [-0.1, -0.05) is 27.7 Å². The zero-order chi connectivity index (χ0) is 13.8. The molecule has 1 fully saturated rings. The summed E-state index contributed by atoms with van der Waals surface area (Å²) in [6.07, 6.45) is 3.40. The Balaban J connectivity index is 2.61. The maximum Gasteiger partial charge on any atom is 0.0594 e. The fourth-order valence-electron chi connectivity index (χ4n) is 2.69. The van der Waals surface area contributed by atoms with Gasteiger partial charge in [-0.05, 0) is 31.6 Å². The second kappa shape index (κ2) is 6.36. The molecule has 1 saturated heterocycles. The van der Waals surface area contributed by atoms with Crippen LogP contribution in [0.25, 0.3) is 0 Å². The third-order valence-electron chi connectivity index (χ3n) is 4.45. The summed E-state index contributed by atoms with van der Waals surface area (Å²) >= 11 is 0. The summed E-state index contributed by atoms with van der Waals surface area (Å²) < 4.78 is 5.45. The molecular formula is C15H32N2O. The second-order valence-corrected chi connectivity index (χ2v) is 7.02. The first-order chi connectivity index (χ1) is 8.29. The minimum atomic E-state index is 0.120. The van der Waals surface area contributed by atoms with Crippen molar-refractivity contribution in [3.8, 4) is 0 Å². The van der Waals surface area contributed by atoms with Crippen LogP contribution >= 0.6 is 0 Å². The summed E-state index contributed by atoms with van der Waals surface area (Å²) in [6, 6.07) is 0.250. The van der Waals surface area contributed by atoms with Gasteiger partial charge in [0.2, 0.25) is 0 Å². The fourth-order valence-corrected chi connectivity index (χ4v) is 2.69. The number of morpholine rings is 1. The number of nitrogens with two attached hydrogens (primary N) is 1. The van der Waals surface area contributed by atoms with Crippen LogP contribution in [0.1, 0.15) is 53.9 Å². The smallest absolute Gasteiger partial charge is 0.0594 e. The molecule has 0 aromatic heterocycles. The molecule has 0 amide bonds. The van der Waals surface area contributed by atoms with Crippen molar-refractivity contribution in [2.45, 2.75) is 65.5 Å². The summed E-state index contributed by atoms with van der Waals surface area (Å²) in [6.45, 7) is 15.2. The predicted molar refractivity (Wildman–Crippen MR) is 77.8 cm³/mol. The Bertz CT molecular complexity index is 243. The van der Waals surface area contributed by atoms with E-state index in [0.717, 1.165) is 39.1 Å². The number of hydrogen-bond acceptors (Lipinski definition) is 3. The van der Waals surface area contributed by atoms with E-state index in [1.807, 2.05) is 0 Å². The SMILES string of the molecule is CCC(C)(C(N)CCC(C)(C)C)N1CCOCC1. The summed E-state index contributed by atoms with van der Waals surface area (Å²) in [7, 11) is 0. The van der Waals surface area contributed by atoms with Gasteiger partial charge in [0.25, 0.3) is 0 Å².